The van der Waals surface area contributed by atoms with Crippen molar-refractivity contribution >= 4 is 5.82 Å². The van der Waals surface area contributed by atoms with Crippen LogP contribution in [-0.2, 0) is 13.0 Å². The molecule has 1 aromatic heterocycles. The molecule has 0 radical (unpaired) electrons. The van der Waals surface area contributed by atoms with Crippen LogP contribution in [0.4, 0.5) is 5.82 Å². The van der Waals surface area contributed by atoms with E-state index in [1.165, 1.54) is 17.9 Å². The van der Waals surface area contributed by atoms with E-state index in [1.807, 2.05) is 0 Å². The van der Waals surface area contributed by atoms with Gasteiger partial charge < -0.3 is 5.32 Å². The van der Waals surface area contributed by atoms with E-state index in [9.17, 15) is 0 Å². The third-order valence-electron chi connectivity index (χ3n) is 2.45. The fraction of sp³-hybridized carbons (Fsp3) is 0.700. The number of aryl methyl sites for hydroxylation is 1. The van der Waals surface area contributed by atoms with Gasteiger partial charge in [-0.3, -0.25) is 0 Å². The number of rotatable bonds is 2. The molecule has 0 fully saturated rings. The molecule has 0 amide bonds. The van der Waals surface area contributed by atoms with Crippen molar-refractivity contribution in [2.45, 2.75) is 33.2 Å². The Bertz CT molecular complexity index is 290. The van der Waals surface area contributed by atoms with E-state index < -0.39 is 0 Å². The monoisotopic (exact) mass is 179 g/mol. The predicted molar refractivity (Wildman–Crippen MR) is 53.9 cm³/mol. The minimum absolute atomic E-state index is 0.696. The lowest BCUT2D eigenvalue weighted by molar-refractivity contribution is 0.442. The minimum Gasteiger partial charge on any atom is -0.370 e. The van der Waals surface area contributed by atoms with Crippen molar-refractivity contribution in [1.29, 1.82) is 0 Å². The maximum atomic E-state index is 4.55. The molecule has 1 aromatic rings. The van der Waals surface area contributed by atoms with Crippen LogP contribution in [0.3, 0.4) is 0 Å². The van der Waals surface area contributed by atoms with E-state index in [0.29, 0.717) is 5.92 Å². The molecule has 13 heavy (non-hydrogen) atoms. The van der Waals surface area contributed by atoms with Gasteiger partial charge in [0.25, 0.3) is 0 Å². The van der Waals surface area contributed by atoms with Crippen LogP contribution in [0.25, 0.3) is 0 Å². The molecule has 1 aliphatic heterocycles. The summed E-state index contributed by atoms with van der Waals surface area (Å²) >= 11 is 0. The average molecular weight is 179 g/mol. The Hall–Kier alpha value is -0.990. The van der Waals surface area contributed by atoms with E-state index in [4.69, 9.17) is 0 Å². The lowest BCUT2D eigenvalue weighted by atomic mass is 10.1. The van der Waals surface area contributed by atoms with Gasteiger partial charge in [0, 0.05) is 19.2 Å². The summed E-state index contributed by atoms with van der Waals surface area (Å²) in [6.45, 7) is 6.58. The lowest BCUT2D eigenvalue weighted by Crippen LogP contribution is -2.25. The quantitative estimate of drug-likeness (QED) is 0.751. The van der Waals surface area contributed by atoms with Crippen molar-refractivity contribution in [3.8, 4) is 0 Å². The molecule has 3 heteroatoms. The summed E-state index contributed by atoms with van der Waals surface area (Å²) in [6.07, 6.45) is 2.27. The molecule has 0 spiro atoms. The maximum Gasteiger partial charge on any atom is 0.124 e. The second kappa shape index (κ2) is 3.40. The first-order chi connectivity index (χ1) is 6.29. The molecule has 0 bridgehead atoms. The molecule has 2 rings (SSSR count). The largest absolute Gasteiger partial charge is 0.370 e. The fourth-order valence-corrected chi connectivity index (χ4v) is 1.77. The molecular weight excluding hydrogens is 162 g/mol. The van der Waals surface area contributed by atoms with Crippen LogP contribution >= 0.6 is 0 Å². The number of fused-ring (bicyclic) bond motifs is 1. The second-order valence-electron chi connectivity index (χ2n) is 3.94. The van der Waals surface area contributed by atoms with E-state index in [2.05, 4.69) is 35.0 Å². The molecule has 1 atom stereocenters. The molecule has 0 saturated carbocycles. The van der Waals surface area contributed by atoms with Crippen molar-refractivity contribution in [2.24, 2.45) is 5.92 Å². The van der Waals surface area contributed by atoms with Crippen LogP contribution in [0.1, 0.15) is 26.0 Å². The summed E-state index contributed by atoms with van der Waals surface area (Å²) in [5.74, 6) is 1.89. The molecule has 0 aliphatic carbocycles. The van der Waals surface area contributed by atoms with E-state index in [0.717, 1.165) is 19.5 Å². The molecule has 1 aliphatic rings. The Morgan fingerprint density at radius 1 is 1.69 bits per heavy atom. The molecular formula is C10H17N3. The standard InChI is InChI=1S/C10H17N3/c1-3-4-9-5-10-11-6-8(2)7-13(10)12-9/h5,8,11H,3-4,6-7H2,1-2H3. The minimum atomic E-state index is 0.696. The zero-order chi connectivity index (χ0) is 9.26. The Morgan fingerprint density at radius 3 is 3.31 bits per heavy atom. The van der Waals surface area contributed by atoms with E-state index >= 15 is 0 Å². The van der Waals surface area contributed by atoms with Gasteiger partial charge in [0.2, 0.25) is 0 Å². The van der Waals surface area contributed by atoms with Gasteiger partial charge in [0.05, 0.1) is 5.69 Å². The number of anilines is 1. The van der Waals surface area contributed by atoms with Crippen LogP contribution in [0.15, 0.2) is 6.07 Å². The number of nitrogens with zero attached hydrogens (tertiary/aromatic N) is 2. The SMILES string of the molecule is CCCc1cc2n(n1)CC(C)CN2. The summed E-state index contributed by atoms with van der Waals surface area (Å²) in [7, 11) is 0. The first-order valence-electron chi connectivity index (χ1n) is 5.10. The summed E-state index contributed by atoms with van der Waals surface area (Å²) in [4.78, 5) is 0. The van der Waals surface area contributed by atoms with E-state index in [1.54, 1.807) is 0 Å². The van der Waals surface area contributed by atoms with Crippen LogP contribution < -0.4 is 5.32 Å². The van der Waals surface area contributed by atoms with Gasteiger partial charge in [-0.05, 0) is 12.3 Å². The Balaban J connectivity index is 2.18. The van der Waals surface area contributed by atoms with Crippen LogP contribution in [0.5, 0.6) is 0 Å². The van der Waals surface area contributed by atoms with Gasteiger partial charge >= 0.3 is 0 Å². The van der Waals surface area contributed by atoms with Gasteiger partial charge in [-0.25, -0.2) is 4.68 Å². The summed E-state index contributed by atoms with van der Waals surface area (Å²) in [5, 5.41) is 7.94. The predicted octanol–water partition coefficient (Wildman–Crippen LogP) is 1.90. The van der Waals surface area contributed by atoms with Crippen molar-refractivity contribution in [2.75, 3.05) is 11.9 Å². The second-order valence-corrected chi connectivity index (χ2v) is 3.94. The normalized spacial score (nSPS) is 20.9. The van der Waals surface area contributed by atoms with Crippen molar-refractivity contribution < 1.29 is 0 Å². The van der Waals surface area contributed by atoms with E-state index in [-0.39, 0.29) is 0 Å². The highest BCUT2D eigenvalue weighted by Gasteiger charge is 2.15. The van der Waals surface area contributed by atoms with Crippen LogP contribution in [0, 0.1) is 5.92 Å². The number of nitrogens with one attached hydrogen (secondary N) is 1. The smallest absolute Gasteiger partial charge is 0.124 e. The van der Waals surface area contributed by atoms with Gasteiger partial charge in [0.1, 0.15) is 5.82 Å². The first-order valence-corrected chi connectivity index (χ1v) is 5.10. The number of hydrogen-bond donors (Lipinski definition) is 1. The highest BCUT2D eigenvalue weighted by molar-refractivity contribution is 5.38. The average Bonchev–Trinajstić information content (AvgIpc) is 2.46. The molecule has 0 saturated heterocycles. The van der Waals surface area contributed by atoms with Crippen LogP contribution in [0.2, 0.25) is 0 Å². The van der Waals surface area contributed by atoms with Gasteiger partial charge in [0.15, 0.2) is 0 Å². The Labute approximate surface area is 79.1 Å². The molecule has 2 heterocycles. The summed E-state index contributed by atoms with van der Waals surface area (Å²) < 4.78 is 2.10. The first kappa shape index (κ1) is 8.60. The molecule has 1 unspecified atom stereocenters. The molecule has 72 valence electrons. The van der Waals surface area contributed by atoms with Gasteiger partial charge in [-0.15, -0.1) is 0 Å². The van der Waals surface area contributed by atoms with Crippen molar-refractivity contribution in [3.63, 3.8) is 0 Å². The van der Waals surface area contributed by atoms with Crippen LogP contribution in [-0.4, -0.2) is 16.3 Å². The molecule has 3 nitrogen and oxygen atoms in total. The molecule has 1 N–H and O–H groups in total. The third kappa shape index (κ3) is 1.69. The number of aromatic nitrogens is 2. The highest BCUT2D eigenvalue weighted by atomic mass is 15.3. The summed E-state index contributed by atoms with van der Waals surface area (Å²) in [5.41, 5.74) is 1.22. The summed E-state index contributed by atoms with van der Waals surface area (Å²) in [6, 6.07) is 2.18. The Morgan fingerprint density at radius 2 is 2.54 bits per heavy atom. The topological polar surface area (TPSA) is 29.9 Å². The maximum absolute atomic E-state index is 4.55. The number of hydrogen-bond acceptors (Lipinski definition) is 2. The fourth-order valence-electron chi connectivity index (χ4n) is 1.77. The Kier molecular flexibility index (Phi) is 2.25. The van der Waals surface area contributed by atoms with Crippen molar-refractivity contribution in [3.05, 3.63) is 11.8 Å². The lowest BCUT2D eigenvalue weighted by Gasteiger charge is -2.21. The highest BCUT2D eigenvalue weighted by Crippen LogP contribution is 2.18. The zero-order valence-corrected chi connectivity index (χ0v) is 8.38. The van der Waals surface area contributed by atoms with Crippen molar-refractivity contribution in [1.82, 2.24) is 9.78 Å². The third-order valence-corrected chi connectivity index (χ3v) is 2.45. The van der Waals surface area contributed by atoms with Gasteiger partial charge in [-0.1, -0.05) is 20.3 Å². The zero-order valence-electron chi connectivity index (χ0n) is 8.38. The van der Waals surface area contributed by atoms with Gasteiger partial charge in [-0.2, -0.15) is 5.10 Å². The molecule has 0 aromatic carbocycles.